The lowest BCUT2D eigenvalue weighted by atomic mass is 10.3. The Kier molecular flexibility index (Phi) is 2.65. The summed E-state index contributed by atoms with van der Waals surface area (Å²) in [6.07, 6.45) is 1.56. The van der Waals surface area contributed by atoms with Crippen LogP contribution in [0.4, 0.5) is 23.0 Å². The Bertz CT molecular complexity index is 524. The Balaban J connectivity index is 2.24. The van der Waals surface area contributed by atoms with Gasteiger partial charge in [-0.25, -0.2) is 4.73 Å². The third kappa shape index (κ3) is 2.03. The van der Waals surface area contributed by atoms with Crippen LogP contribution in [0.5, 0.6) is 0 Å². The van der Waals surface area contributed by atoms with Gasteiger partial charge in [0.15, 0.2) is 0 Å². The highest BCUT2D eigenvalue weighted by atomic mass is 16.5. The van der Waals surface area contributed by atoms with E-state index in [4.69, 9.17) is 21.6 Å². The first-order chi connectivity index (χ1) is 8.09. The molecule has 2 aromatic heterocycles. The summed E-state index contributed by atoms with van der Waals surface area (Å²) in [5.74, 6) is 0.607. The molecular formula is C10H13N5O2. The smallest absolute Gasteiger partial charge is 0.245 e. The number of hydrogen-bond donors (Lipinski definition) is 4. The zero-order valence-electron chi connectivity index (χ0n) is 9.01. The molecule has 2 heterocycles. The molecule has 7 heteroatoms. The van der Waals surface area contributed by atoms with E-state index in [9.17, 15) is 5.21 Å². The number of nitrogens with two attached hydrogens (primary N) is 3. The Morgan fingerprint density at radius 1 is 1.35 bits per heavy atom. The van der Waals surface area contributed by atoms with Crippen molar-refractivity contribution in [2.24, 2.45) is 0 Å². The highest BCUT2D eigenvalue weighted by Gasteiger charge is 2.12. The van der Waals surface area contributed by atoms with Gasteiger partial charge in [-0.3, -0.25) is 0 Å². The highest BCUT2D eigenvalue weighted by Crippen LogP contribution is 2.25. The summed E-state index contributed by atoms with van der Waals surface area (Å²) in [5, 5.41) is 14.4. The lowest BCUT2D eigenvalue weighted by Crippen LogP contribution is -2.35. The van der Waals surface area contributed by atoms with Gasteiger partial charge in [0.2, 0.25) is 11.6 Å². The molecule has 0 atom stereocenters. The van der Waals surface area contributed by atoms with E-state index in [1.165, 1.54) is 6.07 Å². The molecule has 2 aromatic rings. The fourth-order valence-corrected chi connectivity index (χ4v) is 1.46. The van der Waals surface area contributed by atoms with Gasteiger partial charge in [0.1, 0.15) is 11.4 Å². The maximum absolute atomic E-state index is 11.5. The van der Waals surface area contributed by atoms with E-state index in [0.29, 0.717) is 28.4 Å². The predicted octanol–water partition coefficient (Wildman–Crippen LogP) is 0.272. The van der Waals surface area contributed by atoms with E-state index in [1.807, 2.05) is 0 Å². The van der Waals surface area contributed by atoms with Crippen molar-refractivity contribution in [1.82, 2.24) is 0 Å². The van der Waals surface area contributed by atoms with Crippen molar-refractivity contribution in [3.05, 3.63) is 35.4 Å². The Hall–Kier alpha value is -2.57. The minimum Gasteiger partial charge on any atom is -0.740 e. The van der Waals surface area contributed by atoms with Crippen molar-refractivity contribution in [3.63, 3.8) is 0 Å². The standard InChI is InChI=1S/C10H13N5O2/c11-7-4-8(12)15(16)10(13)9(7)14-5-6-2-1-3-17-6/h1-4,14H,5,11-13H2. The number of nitrogens with zero attached hydrogens (tertiary/aromatic N) is 1. The summed E-state index contributed by atoms with van der Waals surface area (Å²) in [4.78, 5) is 0. The molecule has 0 saturated carbocycles. The van der Waals surface area contributed by atoms with Crippen molar-refractivity contribution >= 4 is 23.0 Å². The van der Waals surface area contributed by atoms with E-state index >= 15 is 0 Å². The number of hydrogen-bond acceptors (Lipinski definition) is 6. The second-order valence-electron chi connectivity index (χ2n) is 3.51. The molecule has 0 unspecified atom stereocenters. The van der Waals surface area contributed by atoms with Crippen molar-refractivity contribution in [2.45, 2.75) is 6.54 Å². The molecule has 2 rings (SSSR count). The van der Waals surface area contributed by atoms with Crippen molar-refractivity contribution in [2.75, 3.05) is 22.5 Å². The van der Waals surface area contributed by atoms with Gasteiger partial charge >= 0.3 is 0 Å². The van der Waals surface area contributed by atoms with Crippen LogP contribution in [0, 0.1) is 5.21 Å². The summed E-state index contributed by atoms with van der Waals surface area (Å²) in [6, 6.07) is 4.91. The lowest BCUT2D eigenvalue weighted by Gasteiger charge is -2.16. The third-order valence-electron chi connectivity index (χ3n) is 2.32. The van der Waals surface area contributed by atoms with Crippen molar-refractivity contribution in [1.29, 1.82) is 0 Å². The molecule has 0 saturated heterocycles. The van der Waals surface area contributed by atoms with E-state index < -0.39 is 0 Å². The van der Waals surface area contributed by atoms with Crippen LogP contribution in [0.25, 0.3) is 0 Å². The van der Waals surface area contributed by atoms with Crippen molar-refractivity contribution < 1.29 is 9.15 Å². The first kappa shape index (κ1) is 10.9. The van der Waals surface area contributed by atoms with Gasteiger partial charge in [0, 0.05) is 6.07 Å². The molecule has 7 nitrogen and oxygen atoms in total. The van der Waals surface area contributed by atoms with Crippen LogP contribution in [0.2, 0.25) is 0 Å². The molecule has 7 N–H and O–H groups in total. The van der Waals surface area contributed by atoms with Gasteiger partial charge in [-0.2, -0.15) is 0 Å². The Labute approximate surface area is 97.4 Å². The largest absolute Gasteiger partial charge is 0.740 e. The quantitative estimate of drug-likeness (QED) is 0.446. The average Bonchev–Trinajstić information content (AvgIpc) is 2.79. The second-order valence-corrected chi connectivity index (χ2v) is 3.51. The Morgan fingerprint density at radius 3 is 2.76 bits per heavy atom. The van der Waals surface area contributed by atoms with Gasteiger partial charge in [0.05, 0.1) is 18.5 Å². The molecule has 90 valence electrons. The average molecular weight is 235 g/mol. The van der Waals surface area contributed by atoms with Gasteiger partial charge in [-0.05, 0) is 12.1 Å². The normalized spacial score (nSPS) is 10.4. The van der Waals surface area contributed by atoms with Crippen LogP contribution in [0.1, 0.15) is 5.76 Å². The monoisotopic (exact) mass is 235 g/mol. The van der Waals surface area contributed by atoms with Crippen LogP contribution < -0.4 is 27.2 Å². The number of anilines is 4. The van der Waals surface area contributed by atoms with E-state index in [1.54, 1.807) is 18.4 Å². The van der Waals surface area contributed by atoms with Gasteiger partial charge in [-0.15, -0.1) is 0 Å². The molecule has 0 aliphatic rings. The summed E-state index contributed by atoms with van der Waals surface area (Å²) in [6.45, 7) is 0.380. The number of rotatable bonds is 3. The van der Waals surface area contributed by atoms with E-state index in [2.05, 4.69) is 5.32 Å². The highest BCUT2D eigenvalue weighted by molar-refractivity contribution is 5.76. The lowest BCUT2D eigenvalue weighted by molar-refractivity contribution is -0.573. The fraction of sp³-hybridized carbons (Fsp3) is 0.100. The molecule has 0 aromatic carbocycles. The van der Waals surface area contributed by atoms with Crippen LogP contribution >= 0.6 is 0 Å². The first-order valence-electron chi connectivity index (χ1n) is 4.93. The Morgan fingerprint density at radius 2 is 2.12 bits per heavy atom. The van der Waals surface area contributed by atoms with E-state index in [0.717, 1.165) is 0 Å². The SMILES string of the molecule is Nc1cc(N)[n+]([O-])c(N)c1NCc1ccco1. The van der Waals surface area contributed by atoms with Crippen LogP contribution in [-0.4, -0.2) is 0 Å². The summed E-state index contributed by atoms with van der Waals surface area (Å²) < 4.78 is 5.55. The topological polar surface area (TPSA) is 130 Å². The molecule has 0 spiro atoms. The van der Waals surface area contributed by atoms with E-state index in [-0.39, 0.29) is 11.6 Å². The molecule has 0 radical (unpaired) electrons. The number of nitrogen functional groups attached to an aromatic ring is 3. The molecule has 0 fully saturated rings. The van der Waals surface area contributed by atoms with Gasteiger partial charge < -0.3 is 32.1 Å². The zero-order valence-corrected chi connectivity index (χ0v) is 9.01. The summed E-state index contributed by atoms with van der Waals surface area (Å²) in [5.41, 5.74) is 17.4. The fourth-order valence-electron chi connectivity index (χ4n) is 1.46. The summed E-state index contributed by atoms with van der Waals surface area (Å²) >= 11 is 0. The third-order valence-corrected chi connectivity index (χ3v) is 2.32. The van der Waals surface area contributed by atoms with Crippen LogP contribution in [-0.2, 0) is 6.54 Å². The minimum atomic E-state index is -0.0611. The van der Waals surface area contributed by atoms with Crippen molar-refractivity contribution in [3.8, 4) is 0 Å². The van der Waals surface area contributed by atoms with Gasteiger partial charge in [0.25, 0.3) is 0 Å². The number of nitrogens with one attached hydrogen (secondary N) is 1. The number of aromatic nitrogens is 1. The van der Waals surface area contributed by atoms with Crippen LogP contribution in [0.3, 0.4) is 0 Å². The first-order valence-corrected chi connectivity index (χ1v) is 4.93. The minimum absolute atomic E-state index is 0.0384. The molecule has 17 heavy (non-hydrogen) atoms. The second kappa shape index (κ2) is 4.12. The zero-order chi connectivity index (χ0) is 12.4. The molecule has 0 aliphatic carbocycles. The number of furan rings is 1. The molecule has 0 bridgehead atoms. The van der Waals surface area contributed by atoms with Crippen LogP contribution in [0.15, 0.2) is 28.9 Å². The van der Waals surface area contributed by atoms with Gasteiger partial charge in [-0.1, -0.05) is 0 Å². The number of pyridine rings is 1. The maximum Gasteiger partial charge on any atom is 0.245 e. The summed E-state index contributed by atoms with van der Waals surface area (Å²) in [7, 11) is 0. The maximum atomic E-state index is 11.5. The molecule has 0 amide bonds. The molecule has 0 aliphatic heterocycles. The predicted molar refractivity (Wildman–Crippen MR) is 64.7 cm³/mol. The molecular weight excluding hydrogens is 222 g/mol.